The van der Waals surface area contributed by atoms with Crippen LogP contribution in [0.3, 0.4) is 0 Å². The highest BCUT2D eigenvalue weighted by molar-refractivity contribution is 5.89. The summed E-state index contributed by atoms with van der Waals surface area (Å²) in [4.78, 5) is 24.1. The van der Waals surface area contributed by atoms with Crippen LogP contribution in [-0.4, -0.2) is 42.0 Å². The fraction of sp³-hybridized carbons (Fsp3) is 0.310. The molecule has 3 rings (SSSR count). The number of hydrogen-bond acceptors (Lipinski definition) is 6. The van der Waals surface area contributed by atoms with E-state index in [0.29, 0.717) is 18.4 Å². The van der Waals surface area contributed by atoms with Crippen molar-refractivity contribution in [2.75, 3.05) is 13.7 Å². The second kappa shape index (κ2) is 13.4. The van der Waals surface area contributed by atoms with Gasteiger partial charge in [0.25, 0.3) is 0 Å². The lowest BCUT2D eigenvalue weighted by atomic mass is 9.95. The molecule has 3 aromatic rings. The quantitative estimate of drug-likeness (QED) is 0.385. The number of aryl methyl sites for hydroxylation is 3. The first-order valence-corrected chi connectivity index (χ1v) is 11.7. The van der Waals surface area contributed by atoms with Crippen LogP contribution in [0.4, 0.5) is 0 Å². The molecule has 0 unspecified atom stereocenters. The maximum Gasteiger partial charge on any atom is 0.337 e. The minimum absolute atomic E-state index is 0.105. The summed E-state index contributed by atoms with van der Waals surface area (Å²) < 4.78 is 10.1. The van der Waals surface area contributed by atoms with Gasteiger partial charge in [-0.3, -0.25) is 4.79 Å². The van der Waals surface area contributed by atoms with Gasteiger partial charge in [-0.25, -0.2) is 4.79 Å². The Balaban J connectivity index is 1.51. The fourth-order valence-electron chi connectivity index (χ4n) is 3.91. The van der Waals surface area contributed by atoms with E-state index < -0.39 is 24.6 Å². The third kappa shape index (κ3) is 8.05. The lowest BCUT2D eigenvalue weighted by Crippen LogP contribution is -2.33. The number of benzene rings is 3. The topological polar surface area (TPSA) is 93.1 Å². The Hall–Kier alpha value is -3.48. The third-order valence-electron chi connectivity index (χ3n) is 5.96. The average molecular weight is 477 g/mol. The summed E-state index contributed by atoms with van der Waals surface area (Å²) in [5.74, 6) is -1.94. The second-order valence-corrected chi connectivity index (χ2v) is 8.50. The molecule has 184 valence electrons. The van der Waals surface area contributed by atoms with Gasteiger partial charge < -0.3 is 19.7 Å². The van der Waals surface area contributed by atoms with E-state index in [1.54, 1.807) is 6.07 Å². The molecule has 2 atom stereocenters. The van der Waals surface area contributed by atoms with E-state index in [4.69, 9.17) is 9.47 Å². The summed E-state index contributed by atoms with van der Waals surface area (Å²) >= 11 is 0. The highest BCUT2D eigenvalue weighted by atomic mass is 16.5. The van der Waals surface area contributed by atoms with Crippen molar-refractivity contribution in [3.63, 3.8) is 0 Å². The summed E-state index contributed by atoms with van der Waals surface area (Å²) in [7, 11) is 1.37. The number of carbonyl (C=O) groups is 2. The lowest BCUT2D eigenvalue weighted by Gasteiger charge is -2.20. The minimum atomic E-state index is -1.01. The molecule has 0 heterocycles. The lowest BCUT2D eigenvalue weighted by molar-refractivity contribution is -0.156. The Labute approximate surface area is 206 Å². The van der Waals surface area contributed by atoms with Gasteiger partial charge in [0.15, 0.2) is 0 Å². The van der Waals surface area contributed by atoms with Gasteiger partial charge in [-0.2, -0.15) is 0 Å². The van der Waals surface area contributed by atoms with Crippen LogP contribution in [0.25, 0.3) is 0 Å². The Bertz CT molecular complexity index is 1100. The molecule has 2 N–H and O–H groups in total. The molecule has 6 nitrogen and oxygen atoms in total. The van der Waals surface area contributed by atoms with E-state index in [-0.39, 0.29) is 12.6 Å². The molecule has 0 amide bonds. The van der Waals surface area contributed by atoms with E-state index in [2.05, 4.69) is 6.07 Å². The van der Waals surface area contributed by atoms with Crippen molar-refractivity contribution in [2.45, 2.75) is 38.4 Å². The number of carbonyl (C=O) groups excluding carboxylic acids is 2. The first-order chi connectivity index (χ1) is 17.0. The van der Waals surface area contributed by atoms with Gasteiger partial charge in [0.1, 0.15) is 12.5 Å². The predicted octanol–water partition coefficient (Wildman–Crippen LogP) is 3.90. The number of ether oxygens (including phenoxy) is 2. The Morgan fingerprint density at radius 1 is 0.800 bits per heavy atom. The molecule has 0 spiro atoms. The number of esters is 2. The molecular weight excluding hydrogens is 444 g/mol. The van der Waals surface area contributed by atoms with Gasteiger partial charge in [0, 0.05) is 0 Å². The molecule has 0 aromatic heterocycles. The van der Waals surface area contributed by atoms with Crippen molar-refractivity contribution in [3.8, 4) is 0 Å². The number of aliphatic hydroxyl groups excluding tert-OH is 2. The van der Waals surface area contributed by atoms with Gasteiger partial charge in [-0.1, -0.05) is 66.7 Å². The summed E-state index contributed by atoms with van der Waals surface area (Å²) in [6, 6.07) is 24.8. The zero-order valence-corrected chi connectivity index (χ0v) is 19.9. The molecule has 0 radical (unpaired) electrons. The van der Waals surface area contributed by atoms with E-state index >= 15 is 0 Å². The van der Waals surface area contributed by atoms with Crippen LogP contribution in [0.15, 0.2) is 78.9 Å². The largest absolute Gasteiger partial charge is 0.465 e. The Morgan fingerprint density at radius 3 is 2.06 bits per heavy atom. The molecule has 3 aromatic carbocycles. The van der Waals surface area contributed by atoms with Crippen LogP contribution in [0.2, 0.25) is 0 Å². The van der Waals surface area contributed by atoms with Gasteiger partial charge in [-0.05, 0) is 60.1 Å². The second-order valence-electron chi connectivity index (χ2n) is 8.50. The van der Waals surface area contributed by atoms with E-state index in [9.17, 15) is 19.8 Å². The van der Waals surface area contributed by atoms with Crippen LogP contribution < -0.4 is 0 Å². The van der Waals surface area contributed by atoms with Crippen molar-refractivity contribution in [3.05, 3.63) is 107 Å². The molecule has 0 fully saturated rings. The number of hydrogen-bond donors (Lipinski definition) is 2. The minimum Gasteiger partial charge on any atom is -0.465 e. The van der Waals surface area contributed by atoms with Crippen molar-refractivity contribution in [1.29, 1.82) is 0 Å². The van der Waals surface area contributed by atoms with Gasteiger partial charge >= 0.3 is 11.9 Å². The third-order valence-corrected chi connectivity index (χ3v) is 5.96. The number of aliphatic hydroxyl groups is 2. The molecule has 6 heteroatoms. The van der Waals surface area contributed by atoms with Crippen LogP contribution in [-0.2, 0) is 40.1 Å². The molecule has 0 saturated heterocycles. The van der Waals surface area contributed by atoms with Crippen molar-refractivity contribution < 1.29 is 29.3 Å². The highest BCUT2D eigenvalue weighted by Gasteiger charge is 2.27. The normalized spacial score (nSPS) is 12.5. The molecule has 0 aliphatic carbocycles. The maximum atomic E-state index is 12.4. The standard InChI is InChI=1S/C29H32O6/c1-34-28(32)25-12-6-11-23(18-25)14-13-21-9-5-10-22(17-21)15-16-27(31)26(19-30)29(33)35-20-24-7-3-2-4-8-24/h2-12,17-18,26-27,30-31H,13-16,19-20H2,1H3/t26-,27-/m1/s1. The summed E-state index contributed by atoms with van der Waals surface area (Å²) in [5.41, 5.74) is 4.61. The van der Waals surface area contributed by atoms with Crippen molar-refractivity contribution >= 4 is 11.9 Å². The summed E-state index contributed by atoms with van der Waals surface area (Å²) in [6.07, 6.45) is 1.46. The molecule has 35 heavy (non-hydrogen) atoms. The van der Waals surface area contributed by atoms with Crippen molar-refractivity contribution in [2.24, 2.45) is 5.92 Å². The zero-order valence-electron chi connectivity index (χ0n) is 19.9. The van der Waals surface area contributed by atoms with Crippen molar-refractivity contribution in [1.82, 2.24) is 0 Å². The first-order valence-electron chi connectivity index (χ1n) is 11.7. The number of rotatable bonds is 12. The fourth-order valence-corrected chi connectivity index (χ4v) is 3.91. The molecule has 0 aliphatic rings. The maximum absolute atomic E-state index is 12.4. The average Bonchev–Trinajstić information content (AvgIpc) is 2.90. The predicted molar refractivity (Wildman–Crippen MR) is 133 cm³/mol. The van der Waals surface area contributed by atoms with Gasteiger partial charge in [0.2, 0.25) is 0 Å². The Morgan fingerprint density at radius 2 is 1.40 bits per heavy atom. The Kier molecular flexibility index (Phi) is 10.0. The van der Waals surface area contributed by atoms with Crippen LogP contribution >= 0.6 is 0 Å². The van der Waals surface area contributed by atoms with Gasteiger partial charge in [-0.15, -0.1) is 0 Å². The molecule has 0 aliphatic heterocycles. The highest BCUT2D eigenvalue weighted by Crippen LogP contribution is 2.17. The first kappa shape index (κ1) is 26.1. The summed E-state index contributed by atoms with van der Waals surface area (Å²) in [5, 5.41) is 20.2. The van der Waals surface area contributed by atoms with E-state index in [1.807, 2.05) is 66.7 Å². The SMILES string of the molecule is COC(=O)c1cccc(CCc2cccc(CC[C@@H](O)[C@@H](CO)C(=O)OCc3ccccc3)c2)c1. The molecule has 0 bridgehead atoms. The van der Waals surface area contributed by atoms with Crippen LogP contribution in [0.1, 0.15) is 39.0 Å². The zero-order chi connectivity index (χ0) is 25.0. The van der Waals surface area contributed by atoms with Gasteiger partial charge in [0.05, 0.1) is 25.4 Å². The van der Waals surface area contributed by atoms with E-state index in [0.717, 1.165) is 35.1 Å². The van der Waals surface area contributed by atoms with Crippen LogP contribution in [0.5, 0.6) is 0 Å². The molecular formula is C29H32O6. The smallest absolute Gasteiger partial charge is 0.337 e. The number of methoxy groups -OCH3 is 1. The molecule has 0 saturated carbocycles. The van der Waals surface area contributed by atoms with Crippen LogP contribution in [0, 0.1) is 5.92 Å². The summed E-state index contributed by atoms with van der Waals surface area (Å²) in [6.45, 7) is -0.368. The monoisotopic (exact) mass is 476 g/mol. The van der Waals surface area contributed by atoms with E-state index in [1.165, 1.54) is 7.11 Å².